The number of hydrogen-bond acceptors (Lipinski definition) is 4. The predicted octanol–water partition coefficient (Wildman–Crippen LogP) is 2.84. The molecule has 0 spiro atoms. The number of halogens is 2. The maximum Gasteiger partial charge on any atom is 0.306 e. The molecule has 0 aliphatic heterocycles. The zero-order valence-electron chi connectivity index (χ0n) is 7.15. The fourth-order valence-electron chi connectivity index (χ4n) is 1.15. The van der Waals surface area contributed by atoms with E-state index in [1.807, 2.05) is 0 Å². The molecule has 15 heavy (non-hydrogen) atoms. The lowest BCUT2D eigenvalue weighted by Crippen LogP contribution is -1.92. The first-order valence-corrected chi connectivity index (χ1v) is 4.59. The molecule has 76 valence electrons. The van der Waals surface area contributed by atoms with Crippen molar-refractivity contribution in [1.82, 2.24) is 9.97 Å². The lowest BCUT2D eigenvalue weighted by Gasteiger charge is -2.00. The fourth-order valence-corrected chi connectivity index (χ4v) is 1.58. The van der Waals surface area contributed by atoms with E-state index in [1.165, 1.54) is 12.3 Å². The molecule has 0 aliphatic carbocycles. The van der Waals surface area contributed by atoms with Gasteiger partial charge in [-0.05, 0) is 6.07 Å². The number of nitrogens with zero attached hydrogens (tertiary/aromatic N) is 3. The molecular formula is C8H3Cl2N3O2. The molecule has 5 nitrogen and oxygen atoms in total. The van der Waals surface area contributed by atoms with Gasteiger partial charge in [0.05, 0.1) is 16.6 Å². The van der Waals surface area contributed by atoms with Crippen LogP contribution in [0.3, 0.4) is 0 Å². The zero-order chi connectivity index (χ0) is 11.0. The molecule has 0 bridgehead atoms. The molecule has 7 heteroatoms. The number of rotatable bonds is 1. The van der Waals surface area contributed by atoms with Gasteiger partial charge >= 0.3 is 5.69 Å². The Bertz CT molecular complexity index is 559. The zero-order valence-corrected chi connectivity index (χ0v) is 8.66. The number of aromatic nitrogens is 2. The van der Waals surface area contributed by atoms with E-state index in [0.717, 1.165) is 6.20 Å². The monoisotopic (exact) mass is 243 g/mol. The maximum atomic E-state index is 10.6. The van der Waals surface area contributed by atoms with Gasteiger partial charge in [-0.2, -0.15) is 0 Å². The molecule has 0 fully saturated rings. The summed E-state index contributed by atoms with van der Waals surface area (Å²) in [5.41, 5.74) is 0.224. The van der Waals surface area contributed by atoms with Crippen LogP contribution in [0.2, 0.25) is 10.2 Å². The van der Waals surface area contributed by atoms with Crippen molar-refractivity contribution >= 4 is 39.8 Å². The first-order valence-electron chi connectivity index (χ1n) is 3.84. The quantitative estimate of drug-likeness (QED) is 0.439. The first-order chi connectivity index (χ1) is 7.09. The van der Waals surface area contributed by atoms with Crippen LogP contribution in [-0.4, -0.2) is 14.9 Å². The van der Waals surface area contributed by atoms with Crippen LogP contribution in [0.1, 0.15) is 0 Å². The summed E-state index contributed by atoms with van der Waals surface area (Å²) in [6.45, 7) is 0. The highest BCUT2D eigenvalue weighted by Gasteiger charge is 2.16. The van der Waals surface area contributed by atoms with Gasteiger partial charge in [0.25, 0.3) is 0 Å². The van der Waals surface area contributed by atoms with E-state index in [4.69, 9.17) is 23.2 Å². The number of fused-ring (bicyclic) bond motifs is 1. The van der Waals surface area contributed by atoms with Gasteiger partial charge < -0.3 is 0 Å². The number of hydrogen-bond donors (Lipinski definition) is 0. The molecule has 2 rings (SSSR count). The molecule has 2 aromatic heterocycles. The Morgan fingerprint density at radius 3 is 2.67 bits per heavy atom. The van der Waals surface area contributed by atoms with Crippen LogP contribution in [-0.2, 0) is 0 Å². The van der Waals surface area contributed by atoms with Gasteiger partial charge in [0.2, 0.25) is 0 Å². The molecule has 0 saturated heterocycles. The second kappa shape index (κ2) is 3.60. The summed E-state index contributed by atoms with van der Waals surface area (Å²) in [6.07, 6.45) is 2.51. The SMILES string of the molecule is O=[N+]([O-])c1cnc2cnc(Cl)cc2c1Cl. The molecule has 0 amide bonds. The van der Waals surface area contributed by atoms with Gasteiger partial charge in [-0.1, -0.05) is 23.2 Å². The molecule has 0 aliphatic rings. The van der Waals surface area contributed by atoms with Crippen LogP contribution in [0, 0.1) is 10.1 Å². The molecule has 0 saturated carbocycles. The summed E-state index contributed by atoms with van der Waals surface area (Å²) in [7, 11) is 0. The number of nitro groups is 1. The molecule has 0 aromatic carbocycles. The average molecular weight is 244 g/mol. The first kappa shape index (κ1) is 10.1. The van der Waals surface area contributed by atoms with E-state index >= 15 is 0 Å². The van der Waals surface area contributed by atoms with Gasteiger partial charge in [-0.3, -0.25) is 10.1 Å². The van der Waals surface area contributed by atoms with E-state index in [1.54, 1.807) is 0 Å². The number of pyridine rings is 2. The van der Waals surface area contributed by atoms with Crippen molar-refractivity contribution in [3.8, 4) is 0 Å². The van der Waals surface area contributed by atoms with Crippen molar-refractivity contribution in [3.63, 3.8) is 0 Å². The normalized spacial score (nSPS) is 10.5. The molecule has 0 unspecified atom stereocenters. The average Bonchev–Trinajstić information content (AvgIpc) is 2.19. The van der Waals surface area contributed by atoms with Crippen molar-refractivity contribution in [2.45, 2.75) is 0 Å². The summed E-state index contributed by atoms with van der Waals surface area (Å²) in [4.78, 5) is 17.6. The third-order valence-corrected chi connectivity index (χ3v) is 2.44. The van der Waals surface area contributed by atoms with Crippen LogP contribution >= 0.6 is 23.2 Å². The van der Waals surface area contributed by atoms with Crippen LogP contribution < -0.4 is 0 Å². The van der Waals surface area contributed by atoms with Crippen molar-refractivity contribution in [3.05, 3.63) is 38.8 Å². The highest BCUT2D eigenvalue weighted by atomic mass is 35.5. The van der Waals surface area contributed by atoms with Gasteiger partial charge in [-0.25, -0.2) is 9.97 Å². The predicted molar refractivity (Wildman–Crippen MR) is 56.2 cm³/mol. The van der Waals surface area contributed by atoms with Crippen LogP contribution in [0.25, 0.3) is 10.9 Å². The Kier molecular flexibility index (Phi) is 2.42. The summed E-state index contributed by atoms with van der Waals surface area (Å²) >= 11 is 11.5. The smallest absolute Gasteiger partial charge is 0.258 e. The van der Waals surface area contributed by atoms with Crippen molar-refractivity contribution in [2.24, 2.45) is 0 Å². The second-order valence-corrected chi connectivity index (χ2v) is 3.50. The Morgan fingerprint density at radius 2 is 2.00 bits per heavy atom. The largest absolute Gasteiger partial charge is 0.306 e. The third-order valence-electron chi connectivity index (χ3n) is 1.83. The molecule has 0 radical (unpaired) electrons. The van der Waals surface area contributed by atoms with Crippen molar-refractivity contribution in [2.75, 3.05) is 0 Å². The minimum atomic E-state index is -0.594. The van der Waals surface area contributed by atoms with Crippen LogP contribution in [0.4, 0.5) is 5.69 Å². The third kappa shape index (κ3) is 1.71. The molecule has 0 atom stereocenters. The van der Waals surface area contributed by atoms with Crippen molar-refractivity contribution < 1.29 is 4.92 Å². The van der Waals surface area contributed by atoms with Crippen LogP contribution in [0.15, 0.2) is 18.5 Å². The lowest BCUT2D eigenvalue weighted by atomic mass is 10.2. The second-order valence-electron chi connectivity index (χ2n) is 2.74. The van der Waals surface area contributed by atoms with E-state index in [2.05, 4.69) is 9.97 Å². The fraction of sp³-hybridized carbons (Fsp3) is 0. The van der Waals surface area contributed by atoms with Gasteiger partial charge in [-0.15, -0.1) is 0 Å². The van der Waals surface area contributed by atoms with Gasteiger partial charge in [0.15, 0.2) is 0 Å². The summed E-state index contributed by atoms with van der Waals surface area (Å²) < 4.78 is 0. The van der Waals surface area contributed by atoms with E-state index in [-0.39, 0.29) is 15.9 Å². The molecule has 0 N–H and O–H groups in total. The van der Waals surface area contributed by atoms with E-state index < -0.39 is 4.92 Å². The summed E-state index contributed by atoms with van der Waals surface area (Å²) in [5, 5.41) is 11.2. The van der Waals surface area contributed by atoms with E-state index in [0.29, 0.717) is 10.9 Å². The topological polar surface area (TPSA) is 68.9 Å². The molecular weight excluding hydrogens is 241 g/mol. The molecule has 2 heterocycles. The minimum Gasteiger partial charge on any atom is -0.258 e. The van der Waals surface area contributed by atoms with Gasteiger partial charge in [0, 0.05) is 5.39 Å². The van der Waals surface area contributed by atoms with E-state index in [9.17, 15) is 10.1 Å². The maximum absolute atomic E-state index is 10.6. The Balaban J connectivity index is 2.82. The highest BCUT2D eigenvalue weighted by Crippen LogP contribution is 2.31. The summed E-state index contributed by atoms with van der Waals surface area (Å²) in [5.74, 6) is 0. The Labute approximate surface area is 93.8 Å². The van der Waals surface area contributed by atoms with Crippen LogP contribution in [0.5, 0.6) is 0 Å². The molecule has 2 aromatic rings. The summed E-state index contributed by atoms with van der Waals surface area (Å²) in [6, 6.07) is 1.44. The highest BCUT2D eigenvalue weighted by molar-refractivity contribution is 6.38. The Hall–Kier alpha value is -1.46. The Morgan fingerprint density at radius 1 is 1.27 bits per heavy atom. The standard InChI is InChI=1S/C8H3Cl2N3O2/c9-7-1-4-5(2-12-7)11-3-6(8(4)10)13(14)15/h1-3H. The minimum absolute atomic E-state index is 0.0225. The van der Waals surface area contributed by atoms with Crippen molar-refractivity contribution in [1.29, 1.82) is 0 Å². The lowest BCUT2D eigenvalue weighted by molar-refractivity contribution is -0.384. The van der Waals surface area contributed by atoms with Gasteiger partial charge in [0.1, 0.15) is 16.4 Å².